The number of alkyl halides is 2. The summed E-state index contributed by atoms with van der Waals surface area (Å²) >= 11 is 3.25. The Hall–Kier alpha value is -2.26. The van der Waals surface area contributed by atoms with Crippen LogP contribution < -0.4 is 15.8 Å². The van der Waals surface area contributed by atoms with E-state index in [1.807, 2.05) is 6.92 Å². The lowest BCUT2D eigenvalue weighted by Gasteiger charge is -2.20. The number of carbonyl (C=O) groups excluding carboxylic acids is 2. The summed E-state index contributed by atoms with van der Waals surface area (Å²) < 4.78 is 25.1. The van der Waals surface area contributed by atoms with Gasteiger partial charge in [0, 0.05) is 23.1 Å². The van der Waals surface area contributed by atoms with Gasteiger partial charge in [-0.25, -0.2) is 9.37 Å². The second kappa shape index (κ2) is 8.18. The third-order valence-corrected chi connectivity index (χ3v) is 5.02. The van der Waals surface area contributed by atoms with Crippen molar-refractivity contribution in [1.82, 2.24) is 10.3 Å². The van der Waals surface area contributed by atoms with Crippen molar-refractivity contribution >= 4 is 38.5 Å². The van der Waals surface area contributed by atoms with E-state index in [0.717, 1.165) is 5.39 Å². The van der Waals surface area contributed by atoms with Crippen LogP contribution in [0.4, 0.5) is 4.39 Å². The van der Waals surface area contributed by atoms with E-state index in [9.17, 15) is 14.0 Å². The molecule has 7 nitrogen and oxygen atoms in total. The average Bonchev–Trinajstić information content (AvgIpc) is 2.93. The van der Waals surface area contributed by atoms with E-state index in [1.54, 1.807) is 30.5 Å². The summed E-state index contributed by atoms with van der Waals surface area (Å²) in [6.45, 7) is 1.92. The highest BCUT2D eigenvalue weighted by Crippen LogP contribution is 2.27. The monoisotopic (exact) mass is 439 g/mol. The number of carbonyl (C=O) groups is 2. The minimum atomic E-state index is -1.52. The fourth-order valence-electron chi connectivity index (χ4n) is 3.12. The molecule has 9 heteroatoms. The van der Waals surface area contributed by atoms with E-state index in [1.165, 1.54) is 0 Å². The van der Waals surface area contributed by atoms with Crippen molar-refractivity contribution < 1.29 is 23.5 Å². The summed E-state index contributed by atoms with van der Waals surface area (Å²) in [5.41, 5.74) is 5.68. The number of primary amides is 1. The number of halogens is 2. The zero-order chi connectivity index (χ0) is 19.6. The Labute approximate surface area is 163 Å². The van der Waals surface area contributed by atoms with E-state index >= 15 is 0 Å². The molecule has 4 atom stereocenters. The van der Waals surface area contributed by atoms with Crippen molar-refractivity contribution in [3.8, 4) is 5.88 Å². The molecule has 0 saturated carbocycles. The second-order valence-corrected chi connectivity index (χ2v) is 6.98. The SMILES string of the molecule is CC[C@@H]1[C@H](F)C(=O)N[C@@H]1COC(Br)Oc1nccc2cc(C(N)=O)ccc12. The minimum absolute atomic E-state index is 0.0944. The molecule has 3 rings (SSSR count). The molecule has 1 aliphatic heterocycles. The number of fused-ring (bicyclic) bond motifs is 1. The highest BCUT2D eigenvalue weighted by molar-refractivity contribution is 9.09. The van der Waals surface area contributed by atoms with Crippen molar-refractivity contribution in [3.63, 3.8) is 0 Å². The lowest BCUT2D eigenvalue weighted by Crippen LogP contribution is -2.35. The van der Waals surface area contributed by atoms with Gasteiger partial charge in [0.1, 0.15) is 0 Å². The molecular weight excluding hydrogens is 421 g/mol. The fourth-order valence-corrected chi connectivity index (χ4v) is 3.45. The number of rotatable bonds is 7. The molecule has 1 unspecified atom stereocenters. The maximum absolute atomic E-state index is 13.8. The van der Waals surface area contributed by atoms with Crippen LogP contribution in [-0.4, -0.2) is 40.8 Å². The van der Waals surface area contributed by atoms with Crippen molar-refractivity contribution in [2.45, 2.75) is 30.8 Å². The first-order valence-corrected chi connectivity index (χ1v) is 9.37. The molecule has 27 heavy (non-hydrogen) atoms. The van der Waals surface area contributed by atoms with E-state index in [0.29, 0.717) is 23.3 Å². The normalized spacial score (nSPS) is 23.2. The summed E-state index contributed by atoms with van der Waals surface area (Å²) in [4.78, 5) is 27.0. The third kappa shape index (κ3) is 4.19. The zero-order valence-corrected chi connectivity index (χ0v) is 16.1. The van der Waals surface area contributed by atoms with Gasteiger partial charge in [0.25, 0.3) is 11.1 Å². The molecule has 1 aromatic carbocycles. The Morgan fingerprint density at radius 2 is 2.22 bits per heavy atom. The molecule has 2 amide bonds. The maximum atomic E-state index is 13.8. The predicted molar refractivity (Wildman–Crippen MR) is 100 cm³/mol. The standard InChI is InChI=1S/C18H19BrFN3O4/c1-2-11-13(23-16(25)14(11)20)8-26-18(19)27-17-12-4-3-10(15(21)24)7-9(12)5-6-22-17/h3-7,11,13-14,18H,2,8H2,1H3,(H2,21,24)(H,23,25)/t11-,13+,14-,18?/m0/s1. The van der Waals surface area contributed by atoms with Gasteiger partial charge in [-0.05, 0) is 52.0 Å². The number of hydrogen-bond donors (Lipinski definition) is 2. The van der Waals surface area contributed by atoms with Crippen LogP contribution in [-0.2, 0) is 9.53 Å². The van der Waals surface area contributed by atoms with Crippen LogP contribution in [0.5, 0.6) is 5.88 Å². The van der Waals surface area contributed by atoms with Crippen molar-refractivity contribution in [2.75, 3.05) is 6.61 Å². The summed E-state index contributed by atoms with van der Waals surface area (Å²) in [5, 5.41) is 3.17. The van der Waals surface area contributed by atoms with Gasteiger partial charge in [-0.3, -0.25) is 9.59 Å². The van der Waals surface area contributed by atoms with E-state index < -0.39 is 35.1 Å². The van der Waals surface area contributed by atoms with Crippen LogP contribution in [0.25, 0.3) is 10.8 Å². The van der Waals surface area contributed by atoms with Crippen LogP contribution in [0.2, 0.25) is 0 Å². The summed E-state index contributed by atoms with van der Waals surface area (Å²) in [6.07, 6.45) is 0.548. The molecule has 1 fully saturated rings. The third-order valence-electron chi connectivity index (χ3n) is 4.57. The summed E-state index contributed by atoms with van der Waals surface area (Å²) in [5.74, 6) is -1.26. The lowest BCUT2D eigenvalue weighted by molar-refractivity contribution is -0.124. The maximum Gasteiger partial charge on any atom is 0.259 e. The molecular formula is C18H19BrFN3O4. The smallest absolute Gasteiger partial charge is 0.259 e. The van der Waals surface area contributed by atoms with Gasteiger partial charge in [0.2, 0.25) is 11.8 Å². The molecule has 0 bridgehead atoms. The van der Waals surface area contributed by atoms with Gasteiger partial charge in [0.05, 0.1) is 12.6 Å². The highest BCUT2D eigenvalue weighted by atomic mass is 79.9. The van der Waals surface area contributed by atoms with Crippen LogP contribution in [0, 0.1) is 5.92 Å². The average molecular weight is 440 g/mol. The number of pyridine rings is 1. The molecule has 0 aliphatic carbocycles. The number of hydrogen-bond acceptors (Lipinski definition) is 5. The first-order valence-electron chi connectivity index (χ1n) is 8.46. The summed E-state index contributed by atoms with van der Waals surface area (Å²) in [7, 11) is 0. The molecule has 0 spiro atoms. The van der Waals surface area contributed by atoms with E-state index in [2.05, 4.69) is 26.2 Å². The van der Waals surface area contributed by atoms with Crippen molar-refractivity contribution in [1.29, 1.82) is 0 Å². The number of nitrogens with one attached hydrogen (secondary N) is 1. The molecule has 3 N–H and O–H groups in total. The number of amides is 2. The first kappa shape index (κ1) is 19.5. The van der Waals surface area contributed by atoms with Crippen molar-refractivity contribution in [3.05, 3.63) is 36.0 Å². The summed E-state index contributed by atoms with van der Waals surface area (Å²) in [6, 6.07) is 6.25. The Morgan fingerprint density at radius 1 is 1.44 bits per heavy atom. The minimum Gasteiger partial charge on any atom is -0.437 e. The largest absolute Gasteiger partial charge is 0.437 e. The number of aromatic nitrogens is 1. The molecule has 2 aromatic rings. The molecule has 0 radical (unpaired) electrons. The highest BCUT2D eigenvalue weighted by Gasteiger charge is 2.41. The van der Waals surface area contributed by atoms with Gasteiger partial charge < -0.3 is 20.5 Å². The van der Waals surface area contributed by atoms with E-state index in [-0.39, 0.29) is 6.61 Å². The number of nitrogens with zero attached hydrogens (tertiary/aromatic N) is 1. The Bertz CT molecular complexity index is 866. The first-order chi connectivity index (χ1) is 12.9. The number of benzene rings is 1. The van der Waals surface area contributed by atoms with E-state index in [4.69, 9.17) is 15.2 Å². The molecule has 1 saturated heterocycles. The van der Waals surface area contributed by atoms with Crippen molar-refractivity contribution in [2.24, 2.45) is 11.7 Å². The number of nitrogens with two attached hydrogens (primary N) is 1. The lowest BCUT2D eigenvalue weighted by atomic mass is 9.97. The van der Waals surface area contributed by atoms with Gasteiger partial charge in [-0.2, -0.15) is 0 Å². The Balaban J connectivity index is 1.67. The van der Waals surface area contributed by atoms with Gasteiger partial charge in [-0.15, -0.1) is 0 Å². The molecule has 144 valence electrons. The Kier molecular flexibility index (Phi) is 5.91. The fraction of sp³-hybridized carbons (Fsp3) is 0.389. The zero-order valence-electron chi connectivity index (χ0n) is 14.5. The molecule has 1 aliphatic rings. The van der Waals surface area contributed by atoms with Crippen LogP contribution in [0.15, 0.2) is 30.5 Å². The Morgan fingerprint density at radius 3 is 2.93 bits per heavy atom. The number of ether oxygens (including phenoxy) is 2. The quantitative estimate of drug-likeness (QED) is 0.508. The van der Waals surface area contributed by atoms with Crippen LogP contribution >= 0.6 is 15.9 Å². The van der Waals surface area contributed by atoms with Gasteiger partial charge >= 0.3 is 0 Å². The van der Waals surface area contributed by atoms with Crippen LogP contribution in [0.1, 0.15) is 23.7 Å². The predicted octanol–water partition coefficient (Wildman–Crippen LogP) is 2.27. The van der Waals surface area contributed by atoms with Gasteiger partial charge in [0.15, 0.2) is 6.17 Å². The topological polar surface area (TPSA) is 104 Å². The van der Waals surface area contributed by atoms with Crippen LogP contribution in [0.3, 0.4) is 0 Å². The molecule has 2 heterocycles. The second-order valence-electron chi connectivity index (χ2n) is 6.23. The molecule has 1 aromatic heterocycles. The van der Waals surface area contributed by atoms with Gasteiger partial charge in [-0.1, -0.05) is 6.92 Å².